The molecule has 1 saturated carbocycles. The monoisotopic (exact) mass is 411 g/mol. The van der Waals surface area contributed by atoms with Crippen LogP contribution in [0.25, 0.3) is 0 Å². The molecule has 0 radical (unpaired) electrons. The summed E-state index contributed by atoms with van der Waals surface area (Å²) in [5.74, 6) is -1.05. The second-order valence-electron chi connectivity index (χ2n) is 7.45. The summed E-state index contributed by atoms with van der Waals surface area (Å²) in [6.07, 6.45) is -10.1. The van der Waals surface area contributed by atoms with Crippen molar-refractivity contribution in [2.45, 2.75) is 57.6 Å². The van der Waals surface area contributed by atoms with Crippen LogP contribution in [-0.2, 0) is 28.5 Å². The summed E-state index contributed by atoms with van der Waals surface area (Å²) in [6.45, 7) is 2.05. The van der Waals surface area contributed by atoms with Gasteiger partial charge in [0.2, 0.25) is 5.91 Å². The Morgan fingerprint density at radius 1 is 1.07 bits per heavy atom. The summed E-state index contributed by atoms with van der Waals surface area (Å²) in [4.78, 5) is 24.3. The molecule has 2 N–H and O–H groups in total. The lowest BCUT2D eigenvalue weighted by Gasteiger charge is -2.38. The third-order valence-electron chi connectivity index (χ3n) is 5.04. The number of nitrogens with one attached hydrogen (secondary N) is 1. The highest BCUT2D eigenvalue weighted by Crippen LogP contribution is 2.45. The summed E-state index contributed by atoms with van der Waals surface area (Å²) in [7, 11) is 0. The van der Waals surface area contributed by atoms with Gasteiger partial charge in [0.1, 0.15) is 5.78 Å². The number of ketones is 1. The average Bonchev–Trinajstić information content (AvgIpc) is 2.94. The van der Waals surface area contributed by atoms with Gasteiger partial charge >= 0.3 is 12.4 Å². The van der Waals surface area contributed by atoms with E-state index in [2.05, 4.69) is 5.32 Å². The zero-order valence-electron chi connectivity index (χ0n) is 15.1. The lowest BCUT2D eigenvalue weighted by molar-refractivity contribution is -0.148. The summed E-state index contributed by atoms with van der Waals surface area (Å²) in [5.41, 5.74) is -6.46. The van der Waals surface area contributed by atoms with E-state index >= 15 is 0 Å². The Balaban J connectivity index is 2.30. The van der Waals surface area contributed by atoms with Crippen molar-refractivity contribution in [2.24, 2.45) is 5.41 Å². The molecule has 0 heterocycles. The van der Waals surface area contributed by atoms with Crippen molar-refractivity contribution in [2.75, 3.05) is 0 Å². The van der Waals surface area contributed by atoms with Crippen molar-refractivity contribution in [1.82, 2.24) is 5.32 Å². The minimum atomic E-state index is -4.99. The summed E-state index contributed by atoms with van der Waals surface area (Å²) < 4.78 is 77.5. The van der Waals surface area contributed by atoms with Crippen molar-refractivity contribution in [1.29, 1.82) is 0 Å². The van der Waals surface area contributed by atoms with Crippen molar-refractivity contribution in [3.63, 3.8) is 0 Å². The molecule has 1 aromatic carbocycles. The molecule has 1 aromatic rings. The molecule has 28 heavy (non-hydrogen) atoms. The number of carbonyl (C=O) groups excluding carboxylic acids is 2. The molecule has 4 nitrogen and oxygen atoms in total. The molecule has 0 aromatic heterocycles. The van der Waals surface area contributed by atoms with Crippen molar-refractivity contribution >= 4 is 11.7 Å². The van der Waals surface area contributed by atoms with E-state index in [1.807, 2.05) is 0 Å². The predicted molar refractivity (Wildman–Crippen MR) is 85.9 cm³/mol. The van der Waals surface area contributed by atoms with Crippen LogP contribution in [0.4, 0.5) is 26.3 Å². The van der Waals surface area contributed by atoms with Crippen LogP contribution in [0.15, 0.2) is 18.2 Å². The van der Waals surface area contributed by atoms with Crippen LogP contribution < -0.4 is 5.32 Å². The maximum Gasteiger partial charge on any atom is 0.416 e. The molecule has 0 bridgehead atoms. The van der Waals surface area contributed by atoms with Crippen LogP contribution in [0.5, 0.6) is 0 Å². The molecule has 1 fully saturated rings. The molecule has 0 spiro atoms. The quantitative estimate of drug-likeness (QED) is 0.740. The number of hydrogen-bond donors (Lipinski definition) is 2. The number of carbonyl (C=O) groups is 2. The molecule has 156 valence electrons. The predicted octanol–water partition coefficient (Wildman–Crippen LogP) is 3.85. The van der Waals surface area contributed by atoms with Gasteiger partial charge in [0.15, 0.2) is 0 Å². The van der Waals surface area contributed by atoms with Gasteiger partial charge in [-0.3, -0.25) is 9.59 Å². The Morgan fingerprint density at radius 3 is 1.93 bits per heavy atom. The number of hydrogen-bond acceptors (Lipinski definition) is 3. The van der Waals surface area contributed by atoms with Crippen LogP contribution in [0.3, 0.4) is 0 Å². The Labute approximate surface area is 156 Å². The van der Waals surface area contributed by atoms with E-state index in [9.17, 15) is 41.0 Å². The third-order valence-corrected chi connectivity index (χ3v) is 5.04. The molecule has 1 aliphatic rings. The summed E-state index contributed by atoms with van der Waals surface area (Å²) in [6, 6.07) is 1.04. The first-order valence-corrected chi connectivity index (χ1v) is 8.37. The number of Topliss-reactive ketones (excluding diaryl/α,β-unsaturated/α-hetero) is 1. The first-order chi connectivity index (χ1) is 12.6. The van der Waals surface area contributed by atoms with Gasteiger partial charge < -0.3 is 10.4 Å². The van der Waals surface area contributed by atoms with Crippen molar-refractivity contribution in [3.05, 3.63) is 34.9 Å². The molecule has 0 aliphatic heterocycles. The minimum Gasteiger partial charge on any atom is -0.389 e. The molecule has 1 unspecified atom stereocenters. The molecular weight excluding hydrogens is 392 g/mol. The van der Waals surface area contributed by atoms with E-state index < -0.39 is 52.5 Å². The zero-order valence-corrected chi connectivity index (χ0v) is 15.1. The van der Waals surface area contributed by atoms with Gasteiger partial charge in [0.05, 0.1) is 22.1 Å². The lowest BCUT2D eigenvalue weighted by Crippen LogP contribution is -2.52. The SMILES string of the molecule is CC(C)(O)C1(C(=O)NCc2cc(C(F)(F)F)cc(C(F)(F)F)c2)CCC(=O)C1. The summed E-state index contributed by atoms with van der Waals surface area (Å²) >= 11 is 0. The number of rotatable bonds is 4. The van der Waals surface area contributed by atoms with E-state index in [1.165, 1.54) is 13.8 Å². The first-order valence-electron chi connectivity index (χ1n) is 8.37. The van der Waals surface area contributed by atoms with Crippen LogP contribution in [0.1, 0.15) is 49.8 Å². The van der Waals surface area contributed by atoms with Crippen LogP contribution in [0.2, 0.25) is 0 Å². The van der Waals surface area contributed by atoms with E-state index in [1.54, 1.807) is 0 Å². The molecule has 10 heteroatoms. The van der Waals surface area contributed by atoms with Gasteiger partial charge in [-0.05, 0) is 44.0 Å². The van der Waals surface area contributed by atoms with Crippen LogP contribution in [-0.4, -0.2) is 22.4 Å². The fourth-order valence-corrected chi connectivity index (χ4v) is 3.33. The number of halogens is 6. The third kappa shape index (κ3) is 4.48. The van der Waals surface area contributed by atoms with Gasteiger partial charge in [-0.25, -0.2) is 0 Å². The van der Waals surface area contributed by atoms with Gasteiger partial charge in [-0.2, -0.15) is 26.3 Å². The second-order valence-corrected chi connectivity index (χ2v) is 7.45. The van der Waals surface area contributed by atoms with Gasteiger partial charge in [-0.1, -0.05) is 0 Å². The number of alkyl halides is 6. The number of amides is 1. The number of benzene rings is 1. The molecule has 1 aliphatic carbocycles. The maximum absolute atomic E-state index is 12.9. The standard InChI is InChI=1S/C18H19F6NO3/c1-15(2,28)16(4-3-13(26)8-16)14(27)25-9-10-5-11(17(19,20)21)7-12(6-10)18(22,23)24/h5-7,28H,3-4,8-9H2,1-2H3,(H,25,27). The largest absolute Gasteiger partial charge is 0.416 e. The van der Waals surface area contributed by atoms with Crippen LogP contribution >= 0.6 is 0 Å². The minimum absolute atomic E-state index is 0.000710. The zero-order chi connectivity index (χ0) is 21.5. The fraction of sp³-hybridized carbons (Fsp3) is 0.556. The molecular formula is C18H19F6NO3. The van der Waals surface area contributed by atoms with E-state index in [0.29, 0.717) is 12.1 Å². The average molecular weight is 411 g/mol. The highest BCUT2D eigenvalue weighted by Gasteiger charge is 2.54. The van der Waals surface area contributed by atoms with Gasteiger partial charge in [0, 0.05) is 19.4 Å². The highest BCUT2D eigenvalue weighted by molar-refractivity contribution is 5.94. The van der Waals surface area contributed by atoms with E-state index in [-0.39, 0.29) is 31.1 Å². The first kappa shape index (κ1) is 22.2. The Hall–Kier alpha value is -2.10. The molecule has 0 saturated heterocycles. The fourth-order valence-electron chi connectivity index (χ4n) is 3.33. The van der Waals surface area contributed by atoms with Crippen molar-refractivity contribution in [3.8, 4) is 0 Å². The number of aliphatic hydroxyl groups is 1. The second kappa shape index (κ2) is 7.06. The van der Waals surface area contributed by atoms with E-state index in [0.717, 1.165) is 0 Å². The highest BCUT2D eigenvalue weighted by atomic mass is 19.4. The molecule has 1 atom stereocenters. The van der Waals surface area contributed by atoms with Crippen molar-refractivity contribution < 1.29 is 41.0 Å². The normalized spacial score (nSPS) is 21.1. The summed E-state index contributed by atoms with van der Waals surface area (Å²) in [5, 5.41) is 12.6. The Kier molecular flexibility index (Phi) is 5.59. The van der Waals surface area contributed by atoms with E-state index in [4.69, 9.17) is 0 Å². The van der Waals surface area contributed by atoms with Crippen LogP contribution in [0, 0.1) is 5.41 Å². The Bertz CT molecular complexity index is 747. The van der Waals surface area contributed by atoms with Gasteiger partial charge in [0.25, 0.3) is 0 Å². The smallest absolute Gasteiger partial charge is 0.389 e. The lowest BCUT2D eigenvalue weighted by atomic mass is 9.71. The van der Waals surface area contributed by atoms with Gasteiger partial charge in [-0.15, -0.1) is 0 Å². The molecule has 2 rings (SSSR count). The maximum atomic E-state index is 12.9. The topological polar surface area (TPSA) is 66.4 Å². The molecule has 1 amide bonds. The Morgan fingerprint density at radius 2 is 1.57 bits per heavy atom.